The summed E-state index contributed by atoms with van der Waals surface area (Å²) in [5.41, 5.74) is 4.61. The Hall–Kier alpha value is -4.14. The van der Waals surface area contributed by atoms with Crippen molar-refractivity contribution in [1.82, 2.24) is 19.1 Å². The first-order valence-corrected chi connectivity index (χ1v) is 11.2. The molecule has 0 spiro atoms. The highest BCUT2D eigenvalue weighted by Gasteiger charge is 2.17. The van der Waals surface area contributed by atoms with E-state index in [1.165, 1.54) is 4.57 Å². The summed E-state index contributed by atoms with van der Waals surface area (Å²) in [5, 5.41) is 4.30. The molecule has 9 heteroatoms. The maximum Gasteiger partial charge on any atom is 0.329 e. The Morgan fingerprint density at radius 2 is 1.85 bits per heavy atom. The predicted octanol–water partition coefficient (Wildman–Crippen LogP) is 3.49. The fourth-order valence-electron chi connectivity index (χ4n) is 3.48. The highest BCUT2D eigenvalue weighted by atomic mass is 16.5. The highest BCUT2D eigenvalue weighted by molar-refractivity contribution is 5.80. The van der Waals surface area contributed by atoms with Crippen LogP contribution in [0, 0.1) is 5.92 Å². The molecule has 0 amide bonds. The molecule has 2 heterocycles. The maximum atomic E-state index is 12.5. The lowest BCUT2D eigenvalue weighted by atomic mass is 10.1. The van der Waals surface area contributed by atoms with Gasteiger partial charge in [-0.25, -0.2) is 10.2 Å². The Labute approximate surface area is 196 Å². The Balaban J connectivity index is 1.50. The third kappa shape index (κ3) is 5.25. The first kappa shape index (κ1) is 23.0. The Morgan fingerprint density at radius 3 is 2.56 bits per heavy atom. The fourth-order valence-corrected chi connectivity index (χ4v) is 3.48. The number of aryl methyl sites for hydroxylation is 2. The molecule has 176 valence electrons. The molecular formula is C25H28N6O3. The maximum absolute atomic E-state index is 12.5. The van der Waals surface area contributed by atoms with Crippen molar-refractivity contribution in [3.63, 3.8) is 0 Å². The molecule has 0 atom stereocenters. The van der Waals surface area contributed by atoms with Crippen molar-refractivity contribution < 1.29 is 4.74 Å². The van der Waals surface area contributed by atoms with Gasteiger partial charge in [-0.15, -0.1) is 0 Å². The number of H-pyrrole nitrogens is 1. The summed E-state index contributed by atoms with van der Waals surface area (Å²) in [6, 6.07) is 17.6. The van der Waals surface area contributed by atoms with Crippen molar-refractivity contribution in [1.29, 1.82) is 0 Å². The zero-order valence-corrected chi connectivity index (χ0v) is 19.5. The molecule has 2 N–H and O–H groups in total. The van der Waals surface area contributed by atoms with Crippen molar-refractivity contribution in [3.8, 4) is 5.75 Å². The molecule has 0 saturated heterocycles. The quantitative estimate of drug-likeness (QED) is 0.294. The lowest BCUT2D eigenvalue weighted by Gasteiger charge is -2.09. The van der Waals surface area contributed by atoms with Gasteiger partial charge in [0.25, 0.3) is 5.56 Å². The third-order valence-electron chi connectivity index (χ3n) is 5.44. The molecule has 0 aliphatic carbocycles. The van der Waals surface area contributed by atoms with E-state index < -0.39 is 11.2 Å². The largest absolute Gasteiger partial charge is 0.489 e. The summed E-state index contributed by atoms with van der Waals surface area (Å²) in [7, 11) is 1.58. The molecule has 4 rings (SSSR count). The van der Waals surface area contributed by atoms with Gasteiger partial charge in [0.05, 0.1) is 6.21 Å². The fraction of sp³-hybridized carbons (Fsp3) is 0.280. The van der Waals surface area contributed by atoms with Crippen molar-refractivity contribution >= 4 is 23.3 Å². The topological polar surface area (TPSA) is 106 Å². The number of nitrogens with one attached hydrogen (secondary N) is 2. The van der Waals surface area contributed by atoms with Crippen molar-refractivity contribution in [2.75, 3.05) is 5.43 Å². The number of rotatable bonds is 9. The van der Waals surface area contributed by atoms with Gasteiger partial charge in [-0.2, -0.15) is 10.1 Å². The van der Waals surface area contributed by atoms with Crippen LogP contribution < -0.4 is 21.4 Å². The molecule has 2 aromatic carbocycles. The SMILES string of the molecule is CC(C)CCn1c(N/N=C/c2ccc(OCc3ccccc3)cc2)nc2c1c(=O)[nH]c(=O)n2C. The molecule has 0 bridgehead atoms. The molecule has 0 saturated carbocycles. The number of hydrogen-bond acceptors (Lipinski definition) is 6. The predicted molar refractivity (Wildman–Crippen MR) is 133 cm³/mol. The van der Waals surface area contributed by atoms with E-state index in [0.717, 1.165) is 23.3 Å². The van der Waals surface area contributed by atoms with Crippen LogP contribution in [-0.2, 0) is 20.2 Å². The standard InChI is InChI=1S/C25H28N6O3/c1-17(2)13-14-31-21-22(30(3)25(33)28-23(21)32)27-24(31)29-26-15-18-9-11-20(12-10-18)34-16-19-7-5-4-6-8-19/h4-12,15,17H,13-14,16H2,1-3H3,(H,27,29)(H,28,32,33)/b26-15+. The number of imidazole rings is 1. The first-order chi connectivity index (χ1) is 16.4. The lowest BCUT2D eigenvalue weighted by molar-refractivity contribution is 0.306. The summed E-state index contributed by atoms with van der Waals surface area (Å²) in [5.74, 6) is 1.61. The second kappa shape index (κ2) is 10.2. The molecule has 0 aliphatic rings. The average molecular weight is 461 g/mol. The summed E-state index contributed by atoms with van der Waals surface area (Å²) in [4.78, 5) is 31.3. The van der Waals surface area contributed by atoms with Gasteiger partial charge in [0, 0.05) is 13.6 Å². The zero-order chi connectivity index (χ0) is 24.1. The Kier molecular flexibility index (Phi) is 6.91. The molecule has 4 aromatic rings. The van der Waals surface area contributed by atoms with Crippen LogP contribution in [0.5, 0.6) is 5.75 Å². The Bertz CT molecular complexity index is 1400. The molecule has 0 fully saturated rings. The van der Waals surface area contributed by atoms with Crippen LogP contribution in [0.15, 0.2) is 69.3 Å². The molecule has 0 aliphatic heterocycles. The minimum absolute atomic E-state index is 0.315. The van der Waals surface area contributed by atoms with Gasteiger partial charge in [-0.1, -0.05) is 44.2 Å². The van der Waals surface area contributed by atoms with Gasteiger partial charge in [-0.3, -0.25) is 14.3 Å². The van der Waals surface area contributed by atoms with Crippen LogP contribution in [0.1, 0.15) is 31.4 Å². The second-order valence-corrected chi connectivity index (χ2v) is 8.47. The van der Waals surface area contributed by atoms with E-state index in [4.69, 9.17) is 4.74 Å². The number of hydrogen-bond donors (Lipinski definition) is 2. The normalized spacial score (nSPS) is 11.5. The van der Waals surface area contributed by atoms with E-state index in [0.29, 0.717) is 36.2 Å². The van der Waals surface area contributed by atoms with Gasteiger partial charge in [0.2, 0.25) is 5.95 Å². The van der Waals surface area contributed by atoms with Gasteiger partial charge >= 0.3 is 5.69 Å². The summed E-state index contributed by atoms with van der Waals surface area (Å²) < 4.78 is 8.91. The van der Waals surface area contributed by atoms with E-state index in [2.05, 4.69) is 34.3 Å². The van der Waals surface area contributed by atoms with Gasteiger partial charge in [-0.05, 0) is 47.7 Å². The number of nitrogens with zero attached hydrogens (tertiary/aromatic N) is 4. The van der Waals surface area contributed by atoms with Crippen molar-refractivity contribution in [2.45, 2.75) is 33.4 Å². The monoisotopic (exact) mass is 460 g/mol. The average Bonchev–Trinajstić information content (AvgIpc) is 3.20. The van der Waals surface area contributed by atoms with Crippen LogP contribution in [-0.4, -0.2) is 25.3 Å². The molecule has 34 heavy (non-hydrogen) atoms. The highest BCUT2D eigenvalue weighted by Crippen LogP contribution is 2.18. The van der Waals surface area contributed by atoms with Crippen LogP contribution >= 0.6 is 0 Å². The van der Waals surface area contributed by atoms with E-state index in [9.17, 15) is 9.59 Å². The van der Waals surface area contributed by atoms with Crippen LogP contribution in [0.4, 0.5) is 5.95 Å². The molecule has 9 nitrogen and oxygen atoms in total. The van der Waals surface area contributed by atoms with Gasteiger partial charge in [0.1, 0.15) is 12.4 Å². The number of anilines is 1. The Morgan fingerprint density at radius 1 is 1.12 bits per heavy atom. The second-order valence-electron chi connectivity index (χ2n) is 8.47. The van der Waals surface area contributed by atoms with Crippen LogP contribution in [0.2, 0.25) is 0 Å². The molecular weight excluding hydrogens is 432 g/mol. The van der Waals surface area contributed by atoms with Gasteiger partial charge in [0.15, 0.2) is 11.2 Å². The number of aromatic amines is 1. The number of ether oxygens (including phenoxy) is 1. The summed E-state index contributed by atoms with van der Waals surface area (Å²) >= 11 is 0. The van der Waals surface area contributed by atoms with Gasteiger partial charge < -0.3 is 9.30 Å². The molecule has 0 unspecified atom stereocenters. The smallest absolute Gasteiger partial charge is 0.329 e. The summed E-state index contributed by atoms with van der Waals surface area (Å²) in [6.45, 7) is 5.29. The number of hydrazone groups is 1. The third-order valence-corrected chi connectivity index (χ3v) is 5.44. The number of fused-ring (bicyclic) bond motifs is 1. The van der Waals surface area contributed by atoms with Crippen LogP contribution in [0.3, 0.4) is 0 Å². The minimum Gasteiger partial charge on any atom is -0.489 e. The van der Waals surface area contributed by atoms with Crippen molar-refractivity contribution in [3.05, 3.63) is 86.6 Å². The number of aromatic nitrogens is 4. The minimum atomic E-state index is -0.504. The van der Waals surface area contributed by atoms with Crippen molar-refractivity contribution in [2.24, 2.45) is 18.1 Å². The first-order valence-electron chi connectivity index (χ1n) is 11.2. The van der Waals surface area contributed by atoms with Crippen LogP contribution in [0.25, 0.3) is 11.2 Å². The summed E-state index contributed by atoms with van der Waals surface area (Å²) in [6.07, 6.45) is 2.51. The van der Waals surface area contributed by atoms with E-state index in [1.54, 1.807) is 17.8 Å². The number of benzene rings is 2. The molecule has 2 aromatic heterocycles. The zero-order valence-electron chi connectivity index (χ0n) is 19.5. The van der Waals surface area contributed by atoms with E-state index >= 15 is 0 Å². The molecule has 0 radical (unpaired) electrons. The van der Waals surface area contributed by atoms with E-state index in [1.807, 2.05) is 54.6 Å². The van der Waals surface area contributed by atoms with E-state index in [-0.39, 0.29) is 0 Å². The lowest BCUT2D eigenvalue weighted by Crippen LogP contribution is -2.29.